The van der Waals surface area contributed by atoms with E-state index in [9.17, 15) is 0 Å². The van der Waals surface area contributed by atoms with Crippen molar-refractivity contribution in [3.8, 4) is 22.8 Å². The van der Waals surface area contributed by atoms with Crippen molar-refractivity contribution in [1.29, 1.82) is 0 Å². The number of aromatic amines is 1. The fourth-order valence-corrected chi connectivity index (χ4v) is 3.07. The van der Waals surface area contributed by atoms with E-state index in [1.54, 1.807) is 12.1 Å². The number of hydrogen-bond acceptors (Lipinski definition) is 6. The summed E-state index contributed by atoms with van der Waals surface area (Å²) >= 11 is 7.32. The summed E-state index contributed by atoms with van der Waals surface area (Å²) in [5, 5.41) is 12.5. The minimum Gasteiger partial charge on any atom is -0.338 e. The zero-order chi connectivity index (χ0) is 17.9. The molecule has 2 heterocycles. The number of rotatable bonds is 5. The first kappa shape index (κ1) is 16.8. The van der Waals surface area contributed by atoms with E-state index >= 15 is 0 Å². The standard InChI is InChI=1S/C18H14ClN5OS/c1-11-2-4-12(5-3-11)16-21-18(23-22-16)26-10-15-20-17(24-25-15)13-6-8-14(19)9-7-13/h2-9H,10H2,1H3,(H,21,22,23). The zero-order valence-corrected chi connectivity index (χ0v) is 15.4. The number of hydrogen-bond donors (Lipinski definition) is 1. The monoisotopic (exact) mass is 383 g/mol. The van der Waals surface area contributed by atoms with Gasteiger partial charge in [-0.25, -0.2) is 4.98 Å². The molecule has 0 bridgehead atoms. The Morgan fingerprint density at radius 2 is 1.73 bits per heavy atom. The summed E-state index contributed by atoms with van der Waals surface area (Å²) in [5.74, 6) is 2.28. The second kappa shape index (κ2) is 7.31. The van der Waals surface area contributed by atoms with Gasteiger partial charge in [-0.2, -0.15) is 4.98 Å². The number of aromatic nitrogens is 5. The van der Waals surface area contributed by atoms with Crippen LogP contribution in [0, 0.1) is 6.92 Å². The van der Waals surface area contributed by atoms with Gasteiger partial charge >= 0.3 is 0 Å². The molecule has 2 aromatic heterocycles. The molecule has 0 saturated heterocycles. The van der Waals surface area contributed by atoms with E-state index < -0.39 is 0 Å². The van der Waals surface area contributed by atoms with Gasteiger partial charge in [0.1, 0.15) is 0 Å². The Kier molecular flexibility index (Phi) is 4.73. The molecule has 1 N–H and O–H groups in total. The second-order valence-electron chi connectivity index (χ2n) is 5.64. The number of nitrogens with zero attached hydrogens (tertiary/aromatic N) is 4. The molecule has 0 aliphatic rings. The first-order valence-electron chi connectivity index (χ1n) is 7.88. The van der Waals surface area contributed by atoms with E-state index in [0.29, 0.717) is 27.6 Å². The molecule has 130 valence electrons. The summed E-state index contributed by atoms with van der Waals surface area (Å²) in [6, 6.07) is 15.4. The van der Waals surface area contributed by atoms with E-state index in [4.69, 9.17) is 16.1 Å². The molecule has 0 amide bonds. The van der Waals surface area contributed by atoms with Crippen molar-refractivity contribution >= 4 is 23.4 Å². The minimum atomic E-state index is 0.492. The van der Waals surface area contributed by atoms with E-state index in [1.165, 1.54) is 17.3 Å². The third kappa shape index (κ3) is 3.79. The molecule has 0 atom stereocenters. The van der Waals surface area contributed by atoms with Gasteiger partial charge in [-0.05, 0) is 31.2 Å². The molecule has 0 radical (unpaired) electrons. The van der Waals surface area contributed by atoms with Gasteiger partial charge in [0.15, 0.2) is 5.82 Å². The van der Waals surface area contributed by atoms with Crippen molar-refractivity contribution in [2.24, 2.45) is 0 Å². The number of nitrogens with one attached hydrogen (secondary N) is 1. The van der Waals surface area contributed by atoms with Crippen molar-refractivity contribution in [1.82, 2.24) is 25.3 Å². The SMILES string of the molecule is Cc1ccc(-c2nc(SCc3nc(-c4ccc(Cl)cc4)no3)n[nH]2)cc1. The zero-order valence-electron chi connectivity index (χ0n) is 13.8. The first-order chi connectivity index (χ1) is 12.7. The van der Waals surface area contributed by atoms with Gasteiger partial charge in [-0.15, -0.1) is 5.10 Å². The lowest BCUT2D eigenvalue weighted by molar-refractivity contribution is 0.391. The molecular formula is C18H14ClN5OS. The Morgan fingerprint density at radius 1 is 1.00 bits per heavy atom. The van der Waals surface area contributed by atoms with E-state index in [2.05, 4.69) is 25.3 Å². The third-order valence-electron chi connectivity index (χ3n) is 3.69. The molecule has 4 rings (SSSR count). The van der Waals surface area contributed by atoms with E-state index in [1.807, 2.05) is 43.3 Å². The van der Waals surface area contributed by atoms with Crippen LogP contribution in [0.1, 0.15) is 11.5 Å². The molecule has 26 heavy (non-hydrogen) atoms. The van der Waals surface area contributed by atoms with Gasteiger partial charge in [0.05, 0.1) is 5.75 Å². The summed E-state index contributed by atoms with van der Waals surface area (Å²) in [7, 11) is 0. The van der Waals surface area contributed by atoms with Crippen LogP contribution in [0.3, 0.4) is 0 Å². The lowest BCUT2D eigenvalue weighted by atomic mass is 10.1. The highest BCUT2D eigenvalue weighted by Crippen LogP contribution is 2.24. The predicted molar refractivity (Wildman–Crippen MR) is 101 cm³/mol. The summed E-state index contributed by atoms with van der Waals surface area (Å²) in [4.78, 5) is 8.88. The van der Waals surface area contributed by atoms with Gasteiger partial charge in [0.25, 0.3) is 0 Å². The number of H-pyrrole nitrogens is 1. The average Bonchev–Trinajstić information content (AvgIpc) is 3.31. The van der Waals surface area contributed by atoms with Gasteiger partial charge < -0.3 is 4.52 Å². The fraction of sp³-hybridized carbons (Fsp3) is 0.111. The number of thioether (sulfide) groups is 1. The maximum absolute atomic E-state index is 5.89. The molecule has 0 aliphatic carbocycles. The van der Waals surface area contributed by atoms with Crippen LogP contribution in [0.25, 0.3) is 22.8 Å². The van der Waals surface area contributed by atoms with Crippen LogP contribution in [0.15, 0.2) is 58.2 Å². The van der Waals surface area contributed by atoms with E-state index in [-0.39, 0.29) is 0 Å². The molecule has 0 saturated carbocycles. The lowest BCUT2D eigenvalue weighted by Gasteiger charge is -1.96. The van der Waals surface area contributed by atoms with Crippen molar-refractivity contribution in [3.63, 3.8) is 0 Å². The van der Waals surface area contributed by atoms with Crippen molar-refractivity contribution in [2.75, 3.05) is 0 Å². The summed E-state index contributed by atoms with van der Waals surface area (Å²) in [6.07, 6.45) is 0. The normalized spacial score (nSPS) is 11.0. The first-order valence-corrected chi connectivity index (χ1v) is 9.24. The Hall–Kier alpha value is -2.64. The molecule has 0 spiro atoms. The van der Waals surface area contributed by atoms with Crippen molar-refractivity contribution in [3.05, 3.63) is 65.0 Å². The van der Waals surface area contributed by atoms with Gasteiger partial charge in [0.2, 0.25) is 16.9 Å². The van der Waals surface area contributed by atoms with Crippen LogP contribution in [-0.2, 0) is 5.75 Å². The maximum atomic E-state index is 5.89. The Bertz CT molecular complexity index is 927. The van der Waals surface area contributed by atoms with Crippen molar-refractivity contribution < 1.29 is 4.52 Å². The highest BCUT2D eigenvalue weighted by molar-refractivity contribution is 7.98. The minimum absolute atomic E-state index is 0.492. The van der Waals surface area contributed by atoms with Crippen LogP contribution in [0.2, 0.25) is 5.02 Å². The molecular weight excluding hydrogens is 370 g/mol. The quantitative estimate of drug-likeness (QED) is 0.500. The Morgan fingerprint density at radius 3 is 2.50 bits per heavy atom. The van der Waals surface area contributed by atoms with Crippen LogP contribution < -0.4 is 0 Å². The van der Waals surface area contributed by atoms with Crippen LogP contribution >= 0.6 is 23.4 Å². The number of aryl methyl sites for hydroxylation is 1. The molecule has 0 unspecified atom stereocenters. The second-order valence-corrected chi connectivity index (χ2v) is 7.02. The highest BCUT2D eigenvalue weighted by Gasteiger charge is 2.11. The predicted octanol–water partition coefficient (Wildman–Crippen LogP) is 4.78. The Balaban J connectivity index is 1.42. The topological polar surface area (TPSA) is 80.5 Å². The van der Waals surface area contributed by atoms with Gasteiger partial charge in [0, 0.05) is 16.1 Å². The van der Waals surface area contributed by atoms with Gasteiger partial charge in [-0.3, -0.25) is 5.10 Å². The average molecular weight is 384 g/mol. The largest absolute Gasteiger partial charge is 0.338 e. The van der Waals surface area contributed by atoms with Crippen LogP contribution in [-0.4, -0.2) is 25.3 Å². The lowest BCUT2D eigenvalue weighted by Crippen LogP contribution is -1.84. The van der Waals surface area contributed by atoms with Crippen LogP contribution in [0.5, 0.6) is 0 Å². The number of halogens is 1. The molecule has 2 aromatic carbocycles. The van der Waals surface area contributed by atoms with E-state index in [0.717, 1.165) is 17.0 Å². The maximum Gasteiger partial charge on any atom is 0.237 e. The van der Waals surface area contributed by atoms with Gasteiger partial charge in [-0.1, -0.05) is 58.3 Å². The summed E-state index contributed by atoms with van der Waals surface area (Å²) in [5.41, 5.74) is 3.06. The van der Waals surface area contributed by atoms with Crippen LogP contribution in [0.4, 0.5) is 0 Å². The number of benzene rings is 2. The highest BCUT2D eigenvalue weighted by atomic mass is 35.5. The molecule has 8 heteroatoms. The fourth-order valence-electron chi connectivity index (χ4n) is 2.31. The molecule has 4 aromatic rings. The molecule has 6 nitrogen and oxygen atoms in total. The smallest absolute Gasteiger partial charge is 0.237 e. The summed E-state index contributed by atoms with van der Waals surface area (Å²) < 4.78 is 5.29. The molecule has 0 fully saturated rings. The Labute approximate surface area is 159 Å². The summed E-state index contributed by atoms with van der Waals surface area (Å²) in [6.45, 7) is 2.05. The van der Waals surface area contributed by atoms with Crippen molar-refractivity contribution in [2.45, 2.75) is 17.8 Å². The third-order valence-corrected chi connectivity index (χ3v) is 4.77. The molecule has 0 aliphatic heterocycles.